The van der Waals surface area contributed by atoms with E-state index in [0.29, 0.717) is 25.5 Å². The van der Waals surface area contributed by atoms with Crippen LogP contribution in [0.25, 0.3) is 0 Å². The summed E-state index contributed by atoms with van der Waals surface area (Å²) in [6.07, 6.45) is 1.57. The van der Waals surface area contributed by atoms with E-state index in [1.54, 1.807) is 24.7 Å². The van der Waals surface area contributed by atoms with Gasteiger partial charge >= 0.3 is 0 Å². The molecule has 2 rings (SSSR count). The van der Waals surface area contributed by atoms with Crippen molar-refractivity contribution in [2.45, 2.75) is 31.3 Å². The number of hydrogen-bond donors (Lipinski definition) is 1. The highest BCUT2D eigenvalue weighted by molar-refractivity contribution is 7.89. The lowest BCUT2D eigenvalue weighted by Crippen LogP contribution is -2.58. The molecule has 1 aliphatic rings. The molecule has 0 aliphatic carbocycles. The normalized spacial score (nSPS) is 21.1. The molecule has 2 heterocycles. The first-order valence-corrected chi connectivity index (χ1v) is 7.41. The molecule has 1 aliphatic heterocycles. The van der Waals surface area contributed by atoms with E-state index in [2.05, 4.69) is 10.3 Å². The zero-order chi connectivity index (χ0) is 13.6. The number of aryl methyl sites for hydroxylation is 2. The third-order valence-electron chi connectivity index (χ3n) is 3.23. The largest absolute Gasteiger partial charge is 0.337 e. The average Bonchev–Trinajstić information content (AvgIpc) is 2.58. The van der Waals surface area contributed by atoms with Gasteiger partial charge in [-0.15, -0.1) is 0 Å². The Balaban J connectivity index is 2.31. The van der Waals surface area contributed by atoms with Gasteiger partial charge in [0.1, 0.15) is 5.82 Å². The van der Waals surface area contributed by atoms with Crippen LogP contribution in [-0.2, 0) is 17.1 Å². The number of hydrogen-bond acceptors (Lipinski definition) is 4. The van der Waals surface area contributed by atoms with Crippen molar-refractivity contribution in [1.82, 2.24) is 19.2 Å². The Kier molecular flexibility index (Phi) is 3.25. The molecule has 0 bridgehead atoms. The van der Waals surface area contributed by atoms with Gasteiger partial charge in [-0.25, -0.2) is 13.4 Å². The molecular weight excluding hydrogens is 252 g/mol. The predicted molar refractivity (Wildman–Crippen MR) is 68.8 cm³/mol. The zero-order valence-corrected chi connectivity index (χ0v) is 12.1. The van der Waals surface area contributed by atoms with Crippen LogP contribution in [0.2, 0.25) is 0 Å². The first kappa shape index (κ1) is 13.5. The monoisotopic (exact) mass is 272 g/mol. The summed E-state index contributed by atoms with van der Waals surface area (Å²) < 4.78 is 28.2. The number of nitrogens with zero attached hydrogens (tertiary/aromatic N) is 3. The highest BCUT2D eigenvalue weighted by atomic mass is 32.2. The van der Waals surface area contributed by atoms with Crippen molar-refractivity contribution in [2.24, 2.45) is 7.05 Å². The molecule has 1 aromatic rings. The maximum atomic E-state index is 12.5. The number of imidazole rings is 1. The number of aromatic nitrogens is 2. The number of sulfonamides is 1. The minimum atomic E-state index is -3.47. The molecule has 1 aromatic heterocycles. The van der Waals surface area contributed by atoms with Crippen LogP contribution in [0.15, 0.2) is 11.2 Å². The molecular formula is C11H20N4O2S. The molecule has 1 N–H and O–H groups in total. The quantitative estimate of drug-likeness (QED) is 0.829. The van der Waals surface area contributed by atoms with Gasteiger partial charge in [0.25, 0.3) is 10.0 Å². The highest BCUT2D eigenvalue weighted by Gasteiger charge is 2.35. The minimum Gasteiger partial charge on any atom is -0.337 e. The maximum Gasteiger partial charge on any atom is 0.262 e. The first-order valence-electron chi connectivity index (χ1n) is 5.97. The molecule has 7 heteroatoms. The summed E-state index contributed by atoms with van der Waals surface area (Å²) in [6, 6.07) is 0. The highest BCUT2D eigenvalue weighted by Crippen LogP contribution is 2.19. The summed E-state index contributed by atoms with van der Waals surface area (Å²) in [5.41, 5.74) is -0.199. The Bertz CT molecular complexity index is 528. The van der Waals surface area contributed by atoms with Crippen LogP contribution in [0.1, 0.15) is 19.7 Å². The van der Waals surface area contributed by atoms with Crippen LogP contribution in [0.5, 0.6) is 0 Å². The van der Waals surface area contributed by atoms with E-state index < -0.39 is 10.0 Å². The van der Waals surface area contributed by atoms with Crippen molar-refractivity contribution in [3.05, 3.63) is 12.0 Å². The van der Waals surface area contributed by atoms with Gasteiger partial charge in [0.05, 0.1) is 0 Å². The molecule has 0 atom stereocenters. The van der Waals surface area contributed by atoms with Crippen LogP contribution in [0.4, 0.5) is 0 Å². The second-order valence-electron chi connectivity index (χ2n) is 5.39. The predicted octanol–water partition coefficient (Wildman–Crippen LogP) is 0.101. The summed E-state index contributed by atoms with van der Waals surface area (Å²) in [7, 11) is -1.68. The van der Waals surface area contributed by atoms with Crippen molar-refractivity contribution in [1.29, 1.82) is 0 Å². The summed E-state index contributed by atoms with van der Waals surface area (Å²) in [4.78, 5) is 4.12. The number of rotatable bonds is 2. The second kappa shape index (κ2) is 4.32. The smallest absolute Gasteiger partial charge is 0.262 e. The van der Waals surface area contributed by atoms with E-state index in [4.69, 9.17) is 0 Å². The maximum absolute atomic E-state index is 12.5. The van der Waals surface area contributed by atoms with E-state index in [-0.39, 0.29) is 10.6 Å². The lowest BCUT2D eigenvalue weighted by molar-refractivity contribution is 0.233. The van der Waals surface area contributed by atoms with Crippen molar-refractivity contribution in [3.8, 4) is 0 Å². The lowest BCUT2D eigenvalue weighted by Gasteiger charge is -2.37. The van der Waals surface area contributed by atoms with Gasteiger partial charge in [-0.1, -0.05) is 0 Å². The fourth-order valence-corrected chi connectivity index (χ4v) is 3.71. The van der Waals surface area contributed by atoms with Crippen molar-refractivity contribution in [2.75, 3.05) is 19.6 Å². The van der Waals surface area contributed by atoms with E-state index >= 15 is 0 Å². The van der Waals surface area contributed by atoms with Gasteiger partial charge in [0.15, 0.2) is 5.03 Å². The molecule has 1 fully saturated rings. The molecule has 0 aromatic carbocycles. The lowest BCUT2D eigenvalue weighted by atomic mass is 10.0. The molecule has 0 radical (unpaired) electrons. The third-order valence-corrected chi connectivity index (χ3v) is 4.94. The zero-order valence-electron chi connectivity index (χ0n) is 11.3. The van der Waals surface area contributed by atoms with Crippen LogP contribution in [-0.4, -0.2) is 47.4 Å². The van der Waals surface area contributed by atoms with Crippen LogP contribution >= 0.6 is 0 Å². The third kappa shape index (κ3) is 2.43. The standard InChI is InChI=1S/C11H20N4O2S/c1-9-13-10(7-14(9)4)18(16,17)15-6-5-12-11(2,3)8-15/h7,12H,5-6,8H2,1-4H3. The fraction of sp³-hybridized carbons (Fsp3) is 0.727. The summed E-state index contributed by atoms with van der Waals surface area (Å²) in [6.45, 7) is 7.40. The minimum absolute atomic E-state index is 0.139. The molecule has 18 heavy (non-hydrogen) atoms. The Morgan fingerprint density at radius 2 is 2.11 bits per heavy atom. The van der Waals surface area contributed by atoms with Gasteiger partial charge in [-0.05, 0) is 20.8 Å². The van der Waals surface area contributed by atoms with Gasteiger partial charge in [0.2, 0.25) is 0 Å². The Morgan fingerprint density at radius 1 is 1.44 bits per heavy atom. The Hall–Kier alpha value is -0.920. The molecule has 0 saturated carbocycles. The molecule has 6 nitrogen and oxygen atoms in total. The number of nitrogens with one attached hydrogen (secondary N) is 1. The van der Waals surface area contributed by atoms with Crippen LogP contribution in [0.3, 0.4) is 0 Å². The van der Waals surface area contributed by atoms with Gasteiger partial charge in [0, 0.05) is 38.4 Å². The van der Waals surface area contributed by atoms with Gasteiger partial charge < -0.3 is 9.88 Å². The average molecular weight is 272 g/mol. The second-order valence-corrected chi connectivity index (χ2v) is 7.27. The topological polar surface area (TPSA) is 67.2 Å². The summed E-state index contributed by atoms with van der Waals surface area (Å²) in [5.74, 6) is 0.697. The van der Waals surface area contributed by atoms with E-state index in [9.17, 15) is 8.42 Å². The molecule has 102 valence electrons. The summed E-state index contributed by atoms with van der Waals surface area (Å²) >= 11 is 0. The van der Waals surface area contributed by atoms with Crippen LogP contribution < -0.4 is 5.32 Å². The van der Waals surface area contributed by atoms with E-state index in [0.717, 1.165) is 0 Å². The van der Waals surface area contributed by atoms with Gasteiger partial charge in [-0.2, -0.15) is 4.31 Å². The Labute approximate surface area is 108 Å². The van der Waals surface area contributed by atoms with Crippen molar-refractivity contribution >= 4 is 10.0 Å². The molecule has 1 saturated heterocycles. The van der Waals surface area contributed by atoms with Crippen LogP contribution in [0, 0.1) is 6.92 Å². The first-order chi connectivity index (χ1) is 8.22. The number of piperazine rings is 1. The van der Waals surface area contributed by atoms with E-state index in [1.807, 2.05) is 13.8 Å². The molecule has 0 unspecified atom stereocenters. The van der Waals surface area contributed by atoms with Crippen molar-refractivity contribution in [3.63, 3.8) is 0 Å². The fourth-order valence-electron chi connectivity index (χ4n) is 2.08. The molecule has 0 spiro atoms. The SMILES string of the molecule is Cc1nc(S(=O)(=O)N2CCNC(C)(C)C2)cn1C. The van der Waals surface area contributed by atoms with Crippen molar-refractivity contribution < 1.29 is 8.42 Å². The molecule has 0 amide bonds. The van der Waals surface area contributed by atoms with Gasteiger partial charge in [-0.3, -0.25) is 0 Å². The summed E-state index contributed by atoms with van der Waals surface area (Å²) in [5, 5.41) is 3.44. The van der Waals surface area contributed by atoms with E-state index in [1.165, 1.54) is 4.31 Å². The Morgan fingerprint density at radius 3 is 2.61 bits per heavy atom.